The van der Waals surface area contributed by atoms with Gasteiger partial charge in [0.25, 0.3) is 0 Å². The molecule has 2 aliphatic rings. The number of allylic oxidation sites excluding steroid dienone is 8. The predicted octanol–water partition coefficient (Wildman–Crippen LogP) is 10.3. The van der Waals surface area contributed by atoms with Gasteiger partial charge >= 0.3 is 5.97 Å². The molecule has 0 aromatic rings. The van der Waals surface area contributed by atoms with E-state index < -0.39 is 80.7 Å². The van der Waals surface area contributed by atoms with E-state index in [1.807, 2.05) is 0 Å². The molecule has 14 heteroatoms. The molecule has 2 fully saturated rings. The third kappa shape index (κ3) is 33.0. The summed E-state index contributed by atoms with van der Waals surface area (Å²) in [5, 5.41) is 72.3. The molecule has 0 aromatic heterocycles. The molecule has 0 amide bonds. The van der Waals surface area contributed by atoms with Crippen LogP contribution in [0.1, 0.15) is 219 Å². The molecule has 0 aromatic carbocycles. The Labute approximate surface area is 442 Å². The van der Waals surface area contributed by atoms with Crippen LogP contribution < -0.4 is 0 Å². The molecule has 0 saturated carbocycles. The van der Waals surface area contributed by atoms with Gasteiger partial charge in [-0.25, -0.2) is 0 Å². The van der Waals surface area contributed by atoms with E-state index >= 15 is 0 Å². The molecule has 0 radical (unpaired) electrons. The number of carbonyl (C=O) groups is 1. The monoisotopic (exact) mass is 1040 g/mol. The van der Waals surface area contributed by atoms with Gasteiger partial charge < -0.3 is 64.2 Å². The maximum absolute atomic E-state index is 13.1. The minimum absolute atomic E-state index is 0.0556. The zero-order chi connectivity index (χ0) is 53.0. The average Bonchev–Trinajstić information content (AvgIpc) is 3.39. The van der Waals surface area contributed by atoms with E-state index in [1.165, 1.54) is 128 Å². The lowest BCUT2D eigenvalue weighted by atomic mass is 9.98. The van der Waals surface area contributed by atoms with Gasteiger partial charge in [-0.3, -0.25) is 4.79 Å². The number of ether oxygens (including phenoxy) is 6. The Morgan fingerprint density at radius 3 is 1.41 bits per heavy atom. The number of carbonyl (C=O) groups excluding carboxylic acids is 1. The van der Waals surface area contributed by atoms with E-state index in [0.29, 0.717) is 13.0 Å². The van der Waals surface area contributed by atoms with Crippen LogP contribution in [0.25, 0.3) is 0 Å². The van der Waals surface area contributed by atoms with Crippen LogP contribution in [-0.4, -0.2) is 142 Å². The quantitative estimate of drug-likeness (QED) is 0.0172. The van der Waals surface area contributed by atoms with Gasteiger partial charge in [-0.1, -0.05) is 191 Å². The summed E-state index contributed by atoms with van der Waals surface area (Å²) >= 11 is 0. The summed E-state index contributed by atoms with van der Waals surface area (Å²) in [6, 6.07) is 0. The molecule has 0 spiro atoms. The molecule has 73 heavy (non-hydrogen) atoms. The molecule has 14 nitrogen and oxygen atoms in total. The van der Waals surface area contributed by atoms with Gasteiger partial charge in [-0.05, 0) is 70.6 Å². The van der Waals surface area contributed by atoms with Crippen molar-refractivity contribution in [1.29, 1.82) is 0 Å². The van der Waals surface area contributed by atoms with E-state index in [4.69, 9.17) is 28.4 Å². The fraction of sp³-hybridized carbons (Fsp3) is 0.847. The number of unbranched alkanes of at least 4 members (excludes halogenated alkanes) is 25. The first-order valence-corrected chi connectivity index (χ1v) is 29.2. The SMILES string of the molecule is CC/C=C\C/C=C\C/C=C\CCCCCCCCCCOCC(COC1OC(COC2OC(CO)C(O)C(O)C2O)C(O)C(O)C1O)OC(=O)CCCCCCCCCCC/C=C\CCCCCCCCCC. The standard InChI is InChI=1S/C59H106O14/c1-3-5-7-9-11-13-15-17-19-21-23-24-25-26-28-30-32-34-36-38-40-42-51(61)71-48(45-68-43-41-39-37-35-33-31-29-27-22-20-18-16-14-12-10-8-6-4-2)46-69-58-57(67)55(65)53(63)50(73-58)47-70-59-56(66)54(64)52(62)49(44-60)72-59/h6,8,12,14,18,20-21,23,48-50,52-60,62-67H,3-5,7,9-11,13,15-17,19,22,24-47H2,1-2H3/b8-6-,14-12-,20-18-,23-21-. The van der Waals surface area contributed by atoms with Crippen LogP contribution in [0.15, 0.2) is 48.6 Å². The van der Waals surface area contributed by atoms with Gasteiger partial charge in [-0.15, -0.1) is 0 Å². The van der Waals surface area contributed by atoms with Crippen LogP contribution in [0.3, 0.4) is 0 Å². The van der Waals surface area contributed by atoms with Crippen molar-refractivity contribution in [2.75, 3.05) is 33.0 Å². The molecular weight excluding hydrogens is 933 g/mol. The minimum Gasteiger partial charge on any atom is -0.457 e. The molecule has 7 N–H and O–H groups in total. The van der Waals surface area contributed by atoms with Gasteiger partial charge in [0, 0.05) is 13.0 Å². The predicted molar refractivity (Wildman–Crippen MR) is 289 cm³/mol. The van der Waals surface area contributed by atoms with Gasteiger partial charge in [0.15, 0.2) is 12.6 Å². The van der Waals surface area contributed by atoms with Crippen molar-refractivity contribution >= 4 is 5.97 Å². The number of aliphatic hydroxyl groups is 7. The second-order valence-corrected chi connectivity index (χ2v) is 20.4. The first-order valence-electron chi connectivity index (χ1n) is 29.2. The first-order chi connectivity index (χ1) is 35.6. The summed E-state index contributed by atoms with van der Waals surface area (Å²) < 4.78 is 34.4. The molecule has 0 aliphatic carbocycles. The maximum Gasteiger partial charge on any atom is 0.306 e. The third-order valence-electron chi connectivity index (χ3n) is 13.8. The van der Waals surface area contributed by atoms with Crippen molar-refractivity contribution in [2.45, 2.75) is 287 Å². The van der Waals surface area contributed by atoms with Crippen molar-refractivity contribution < 1.29 is 69.0 Å². The highest BCUT2D eigenvalue weighted by Gasteiger charge is 2.47. The second-order valence-electron chi connectivity index (χ2n) is 20.4. The second kappa shape index (κ2) is 46.1. The summed E-state index contributed by atoms with van der Waals surface area (Å²) in [6.45, 7) is 3.58. The van der Waals surface area contributed by atoms with Crippen LogP contribution in [-0.2, 0) is 33.2 Å². The highest BCUT2D eigenvalue weighted by Crippen LogP contribution is 2.27. The number of esters is 1. The molecule has 2 saturated heterocycles. The van der Waals surface area contributed by atoms with Crippen LogP contribution >= 0.6 is 0 Å². The molecule has 11 atom stereocenters. The van der Waals surface area contributed by atoms with E-state index in [0.717, 1.165) is 64.2 Å². The normalized spacial score (nSPS) is 25.3. The van der Waals surface area contributed by atoms with Gasteiger partial charge in [0.2, 0.25) is 0 Å². The van der Waals surface area contributed by atoms with Crippen molar-refractivity contribution in [3.05, 3.63) is 48.6 Å². The van der Waals surface area contributed by atoms with Gasteiger partial charge in [0.1, 0.15) is 54.9 Å². The third-order valence-corrected chi connectivity index (χ3v) is 13.8. The molecule has 2 aliphatic heterocycles. The van der Waals surface area contributed by atoms with Crippen molar-refractivity contribution in [3.63, 3.8) is 0 Å². The highest BCUT2D eigenvalue weighted by molar-refractivity contribution is 5.69. The summed E-state index contributed by atoms with van der Waals surface area (Å²) in [7, 11) is 0. The largest absolute Gasteiger partial charge is 0.457 e. The Morgan fingerprint density at radius 1 is 0.466 bits per heavy atom. The summed E-state index contributed by atoms with van der Waals surface area (Å²) in [5.74, 6) is -0.380. The Kier molecular flexibility index (Phi) is 42.3. The lowest BCUT2D eigenvalue weighted by Gasteiger charge is -2.42. The summed E-state index contributed by atoms with van der Waals surface area (Å²) in [6.07, 6.45) is 38.8. The van der Waals surface area contributed by atoms with E-state index in [-0.39, 0.29) is 25.6 Å². The maximum atomic E-state index is 13.1. The molecule has 2 heterocycles. The number of hydrogen-bond acceptors (Lipinski definition) is 14. The van der Waals surface area contributed by atoms with E-state index in [2.05, 4.69) is 62.5 Å². The molecule has 2 rings (SSSR count). The van der Waals surface area contributed by atoms with Crippen LogP contribution in [0.4, 0.5) is 0 Å². The lowest BCUT2D eigenvalue weighted by molar-refractivity contribution is -0.332. The number of rotatable bonds is 47. The Hall–Kier alpha value is -2.05. The Balaban J connectivity index is 1.72. The highest BCUT2D eigenvalue weighted by atomic mass is 16.7. The Bertz CT molecular complexity index is 1390. The fourth-order valence-corrected chi connectivity index (χ4v) is 9.12. The molecule has 11 unspecified atom stereocenters. The summed E-state index contributed by atoms with van der Waals surface area (Å²) in [5.41, 5.74) is 0. The van der Waals surface area contributed by atoms with Crippen LogP contribution in [0, 0.1) is 0 Å². The first kappa shape index (κ1) is 67.1. The van der Waals surface area contributed by atoms with Gasteiger partial charge in [-0.2, -0.15) is 0 Å². The zero-order valence-electron chi connectivity index (χ0n) is 45.6. The summed E-state index contributed by atoms with van der Waals surface area (Å²) in [4.78, 5) is 13.1. The average molecular weight is 1040 g/mol. The zero-order valence-corrected chi connectivity index (χ0v) is 45.6. The van der Waals surface area contributed by atoms with Crippen molar-refractivity contribution in [2.24, 2.45) is 0 Å². The van der Waals surface area contributed by atoms with Gasteiger partial charge in [0.05, 0.1) is 26.4 Å². The topological polar surface area (TPSA) is 214 Å². The van der Waals surface area contributed by atoms with E-state index in [9.17, 15) is 40.5 Å². The lowest BCUT2D eigenvalue weighted by Crippen LogP contribution is -2.61. The number of aliphatic hydroxyl groups excluding tert-OH is 7. The molecule has 0 bridgehead atoms. The van der Waals surface area contributed by atoms with Crippen molar-refractivity contribution in [3.8, 4) is 0 Å². The van der Waals surface area contributed by atoms with Crippen LogP contribution in [0.2, 0.25) is 0 Å². The van der Waals surface area contributed by atoms with E-state index in [1.54, 1.807) is 0 Å². The number of hydrogen-bond donors (Lipinski definition) is 7. The van der Waals surface area contributed by atoms with Crippen molar-refractivity contribution in [1.82, 2.24) is 0 Å². The minimum atomic E-state index is -1.71. The fourth-order valence-electron chi connectivity index (χ4n) is 9.12. The molecular formula is C59H106O14. The van der Waals surface area contributed by atoms with Crippen LogP contribution in [0.5, 0.6) is 0 Å². The molecule has 426 valence electrons. The smallest absolute Gasteiger partial charge is 0.306 e. The Morgan fingerprint density at radius 2 is 0.890 bits per heavy atom.